The van der Waals surface area contributed by atoms with Gasteiger partial charge in [-0.3, -0.25) is 14.9 Å². The Morgan fingerprint density at radius 2 is 1.67 bits per heavy atom. The zero-order valence-electron chi connectivity index (χ0n) is 29.0. The number of nitrogens with one attached hydrogen (secondary N) is 3. The number of anilines is 1. The fraction of sp³-hybridized carbons (Fsp3) is 0.432. The van der Waals surface area contributed by atoms with E-state index in [-0.39, 0.29) is 48.6 Å². The van der Waals surface area contributed by atoms with Gasteiger partial charge in [0.05, 0.1) is 17.5 Å². The number of hydrogen-bond acceptors (Lipinski definition) is 10. The summed E-state index contributed by atoms with van der Waals surface area (Å²) in [5, 5.41) is 20.7. The summed E-state index contributed by atoms with van der Waals surface area (Å²) < 4.78 is 29.6. The summed E-state index contributed by atoms with van der Waals surface area (Å²) in [4.78, 5) is 28.6. The molecule has 1 aromatic heterocycles. The predicted molar refractivity (Wildman–Crippen MR) is 195 cm³/mol. The molecular weight excluding hydrogens is 669 g/mol. The SMILES string of the molecule is COC(NC(Cc1ccc(-c2ccc(C(=O)N3CCS(=O)(=O)CC3)cc2C)cc1)C(=O)Nc1ccc(-c2nn[nH]n2)cc1)C1CCC(CN)CC1. The molecule has 51 heavy (non-hydrogen) atoms. The minimum Gasteiger partial charge on any atom is -0.366 e. The molecule has 0 spiro atoms. The standard InChI is InChI=1S/C37H46N8O5S/c1-24-21-30(37(47)45-17-19-51(48,49)20-18-45)13-16-32(24)27-7-3-25(4-8-27)22-33(40-36(50-2)29-9-5-26(23-38)6-10-29)35(46)39-31-14-11-28(12-15-31)34-41-43-44-42-34/h3-4,7-8,11-16,21,26,29,33,36,40H,5-6,9-10,17-20,22-23,38H2,1-2H3,(H,39,46)(H,41,42,43,44). The topological polar surface area (TPSA) is 185 Å². The quantitative estimate of drug-likeness (QED) is 0.158. The summed E-state index contributed by atoms with van der Waals surface area (Å²) in [5.74, 6) is 0.936. The molecule has 1 aliphatic carbocycles. The summed E-state index contributed by atoms with van der Waals surface area (Å²) in [6.07, 6.45) is 4.20. The van der Waals surface area contributed by atoms with Crippen LogP contribution in [0.15, 0.2) is 66.7 Å². The van der Waals surface area contributed by atoms with E-state index in [0.29, 0.717) is 36.0 Å². The van der Waals surface area contributed by atoms with Crippen molar-refractivity contribution in [2.75, 3.05) is 43.6 Å². The molecule has 2 aliphatic rings. The Morgan fingerprint density at radius 3 is 2.27 bits per heavy atom. The number of benzene rings is 3. The number of carbonyl (C=O) groups is 2. The molecule has 0 radical (unpaired) electrons. The number of aromatic nitrogens is 4. The van der Waals surface area contributed by atoms with Crippen molar-refractivity contribution in [2.24, 2.45) is 17.6 Å². The number of H-pyrrole nitrogens is 1. The van der Waals surface area contributed by atoms with Crippen LogP contribution in [-0.4, -0.2) is 96.3 Å². The molecule has 5 N–H and O–H groups in total. The fourth-order valence-electron chi connectivity index (χ4n) is 7.04. The van der Waals surface area contributed by atoms with E-state index >= 15 is 0 Å². The lowest BCUT2D eigenvalue weighted by atomic mass is 9.81. The highest BCUT2D eigenvalue weighted by Crippen LogP contribution is 2.31. The molecule has 2 heterocycles. The number of hydrogen-bond donors (Lipinski definition) is 4. The Bertz CT molecular complexity index is 1880. The summed E-state index contributed by atoms with van der Waals surface area (Å²) in [6.45, 7) is 3.09. The van der Waals surface area contributed by atoms with Gasteiger partial charge in [-0.05, 0) is 121 Å². The second kappa shape index (κ2) is 16.2. The number of aromatic amines is 1. The molecule has 2 fully saturated rings. The van der Waals surface area contributed by atoms with E-state index in [0.717, 1.165) is 53.5 Å². The second-order valence-corrected chi connectivity index (χ2v) is 15.9. The molecule has 1 aliphatic heterocycles. The maximum Gasteiger partial charge on any atom is 0.253 e. The number of nitrogens with two attached hydrogens (primary N) is 1. The van der Waals surface area contributed by atoms with Crippen molar-refractivity contribution in [1.82, 2.24) is 30.8 Å². The van der Waals surface area contributed by atoms with Crippen molar-refractivity contribution >= 4 is 27.3 Å². The molecule has 3 aromatic carbocycles. The Hall–Kier alpha value is -4.50. The van der Waals surface area contributed by atoms with Crippen LogP contribution in [0, 0.1) is 18.8 Å². The summed E-state index contributed by atoms with van der Waals surface area (Å²) >= 11 is 0. The molecule has 4 aromatic rings. The number of carbonyl (C=O) groups excluding carboxylic acids is 2. The van der Waals surface area contributed by atoms with Gasteiger partial charge in [-0.2, -0.15) is 5.21 Å². The smallest absolute Gasteiger partial charge is 0.253 e. The molecular formula is C37H46N8O5S. The third kappa shape index (κ3) is 9.06. The van der Waals surface area contributed by atoms with Crippen LogP contribution in [0.25, 0.3) is 22.5 Å². The monoisotopic (exact) mass is 714 g/mol. The average molecular weight is 715 g/mol. The number of nitrogens with zero attached hydrogens (tertiary/aromatic N) is 4. The lowest BCUT2D eigenvalue weighted by Crippen LogP contribution is -2.51. The molecule has 0 bridgehead atoms. The van der Waals surface area contributed by atoms with E-state index in [9.17, 15) is 18.0 Å². The highest BCUT2D eigenvalue weighted by molar-refractivity contribution is 7.91. The maximum absolute atomic E-state index is 13.9. The van der Waals surface area contributed by atoms with Gasteiger partial charge in [0.25, 0.3) is 5.91 Å². The Balaban J connectivity index is 1.16. The van der Waals surface area contributed by atoms with E-state index in [1.165, 1.54) is 0 Å². The number of rotatable bonds is 12. The predicted octanol–water partition coefficient (Wildman–Crippen LogP) is 3.59. The van der Waals surface area contributed by atoms with Crippen molar-refractivity contribution in [3.63, 3.8) is 0 Å². The first-order chi connectivity index (χ1) is 24.6. The summed E-state index contributed by atoms with van der Waals surface area (Å²) in [7, 11) is -1.39. The Morgan fingerprint density at radius 1 is 0.980 bits per heavy atom. The van der Waals surface area contributed by atoms with E-state index < -0.39 is 15.9 Å². The van der Waals surface area contributed by atoms with Crippen molar-refractivity contribution in [3.8, 4) is 22.5 Å². The second-order valence-electron chi connectivity index (χ2n) is 13.6. The van der Waals surface area contributed by atoms with Crippen LogP contribution in [0.1, 0.15) is 47.2 Å². The normalized spacial score (nSPS) is 20.0. The van der Waals surface area contributed by atoms with Crippen LogP contribution in [0.4, 0.5) is 5.69 Å². The van der Waals surface area contributed by atoms with Crippen LogP contribution in [0.3, 0.4) is 0 Å². The van der Waals surface area contributed by atoms with E-state index in [4.69, 9.17) is 10.5 Å². The third-order valence-electron chi connectivity index (χ3n) is 10.2. The highest BCUT2D eigenvalue weighted by atomic mass is 32.2. The summed E-state index contributed by atoms with van der Waals surface area (Å²) in [6, 6.07) is 20.4. The molecule has 13 nitrogen and oxygen atoms in total. The summed E-state index contributed by atoms with van der Waals surface area (Å²) in [5.41, 5.74) is 11.8. The number of sulfone groups is 1. The number of methoxy groups -OCH3 is 1. The van der Waals surface area contributed by atoms with Gasteiger partial charge in [-0.1, -0.05) is 30.3 Å². The molecule has 1 saturated heterocycles. The van der Waals surface area contributed by atoms with Crippen molar-refractivity contribution < 1.29 is 22.7 Å². The minimum absolute atomic E-state index is 0.00217. The molecule has 2 amide bonds. The Kier molecular flexibility index (Phi) is 11.6. The van der Waals surface area contributed by atoms with Crippen LogP contribution < -0.4 is 16.4 Å². The van der Waals surface area contributed by atoms with Gasteiger partial charge in [0.2, 0.25) is 11.7 Å². The van der Waals surface area contributed by atoms with Crippen LogP contribution in [-0.2, 0) is 25.8 Å². The van der Waals surface area contributed by atoms with Crippen LogP contribution in [0.2, 0.25) is 0 Å². The zero-order valence-corrected chi connectivity index (χ0v) is 29.9. The van der Waals surface area contributed by atoms with Gasteiger partial charge in [0, 0.05) is 37.0 Å². The minimum atomic E-state index is -3.07. The maximum atomic E-state index is 13.9. The first-order valence-corrected chi connectivity index (χ1v) is 19.3. The molecule has 2 atom stereocenters. The molecule has 2 unspecified atom stereocenters. The van der Waals surface area contributed by atoms with Crippen molar-refractivity contribution in [2.45, 2.75) is 51.3 Å². The first-order valence-electron chi connectivity index (χ1n) is 17.5. The van der Waals surface area contributed by atoms with Gasteiger partial charge in [-0.15, -0.1) is 10.2 Å². The van der Waals surface area contributed by atoms with Gasteiger partial charge in [0.15, 0.2) is 9.84 Å². The number of amides is 2. The fourth-order valence-corrected chi connectivity index (χ4v) is 8.24. The van der Waals surface area contributed by atoms with Crippen LogP contribution >= 0.6 is 0 Å². The van der Waals surface area contributed by atoms with E-state index in [2.05, 4.69) is 31.3 Å². The zero-order chi connectivity index (χ0) is 36.0. The van der Waals surface area contributed by atoms with Gasteiger partial charge < -0.3 is 20.7 Å². The number of aryl methyl sites for hydroxylation is 1. The molecule has 6 rings (SSSR count). The average Bonchev–Trinajstić information content (AvgIpc) is 3.69. The largest absolute Gasteiger partial charge is 0.366 e. The molecule has 270 valence electrons. The lowest BCUT2D eigenvalue weighted by molar-refractivity contribution is -0.120. The highest BCUT2D eigenvalue weighted by Gasteiger charge is 2.31. The lowest BCUT2D eigenvalue weighted by Gasteiger charge is -2.35. The molecule has 1 saturated carbocycles. The number of tetrazole rings is 1. The van der Waals surface area contributed by atoms with E-state index in [1.54, 1.807) is 18.1 Å². The van der Waals surface area contributed by atoms with E-state index in [1.807, 2.05) is 67.6 Å². The third-order valence-corrected chi connectivity index (χ3v) is 11.8. The van der Waals surface area contributed by atoms with Gasteiger partial charge in [0.1, 0.15) is 6.23 Å². The Labute approximate surface area is 298 Å². The van der Waals surface area contributed by atoms with Crippen LogP contribution in [0.5, 0.6) is 0 Å². The van der Waals surface area contributed by atoms with Gasteiger partial charge >= 0.3 is 0 Å². The van der Waals surface area contributed by atoms with Gasteiger partial charge in [-0.25, -0.2) is 8.42 Å². The van der Waals surface area contributed by atoms with Crippen molar-refractivity contribution in [3.05, 3.63) is 83.4 Å². The van der Waals surface area contributed by atoms with Crippen molar-refractivity contribution in [1.29, 1.82) is 0 Å². The first kappa shape index (κ1) is 36.3. The number of ether oxygens (including phenoxy) is 1. The molecule has 14 heteroatoms.